The first-order chi connectivity index (χ1) is 18.0. The maximum absolute atomic E-state index is 6.33. The van der Waals surface area contributed by atoms with Crippen LogP contribution in [0.1, 0.15) is 23.1 Å². The molecule has 0 unspecified atom stereocenters. The van der Waals surface area contributed by atoms with E-state index in [1.165, 1.54) is 21.8 Å². The van der Waals surface area contributed by atoms with Crippen LogP contribution in [0.2, 0.25) is 0 Å². The van der Waals surface area contributed by atoms with E-state index >= 15 is 0 Å². The van der Waals surface area contributed by atoms with Crippen LogP contribution in [0.15, 0.2) is 53.1 Å². The molecule has 37 heavy (non-hydrogen) atoms. The predicted octanol–water partition coefficient (Wildman–Crippen LogP) is 6.79. The molecule has 188 valence electrons. The van der Waals surface area contributed by atoms with Gasteiger partial charge in [-0.3, -0.25) is 0 Å². The SMILES string of the molecule is CCc1sc(-c2ccc(C)cc2)nc1COc1cc(OC)cc2oc(-c3cn4nc(OC)sc4n3)cc12. The van der Waals surface area contributed by atoms with Gasteiger partial charge in [-0.05, 0) is 30.7 Å². The number of aryl methyl sites for hydroxylation is 2. The summed E-state index contributed by atoms with van der Waals surface area (Å²) in [5, 5.41) is 6.73. The van der Waals surface area contributed by atoms with Gasteiger partial charge in [0.2, 0.25) is 4.96 Å². The number of hydrogen-bond donors (Lipinski definition) is 0. The van der Waals surface area contributed by atoms with Gasteiger partial charge in [0.05, 0.1) is 31.5 Å². The summed E-state index contributed by atoms with van der Waals surface area (Å²) >= 11 is 3.08. The summed E-state index contributed by atoms with van der Waals surface area (Å²) in [5.74, 6) is 1.93. The van der Waals surface area contributed by atoms with Crippen LogP contribution in [0.5, 0.6) is 16.7 Å². The number of furan rings is 1. The van der Waals surface area contributed by atoms with Gasteiger partial charge in [0.15, 0.2) is 5.76 Å². The standard InChI is InChI=1S/C27H24N4O4S2/c1-5-24-20(28-25(36-24)16-8-6-15(2)7-9-16)14-34-21-10-17(32-3)11-22-18(21)12-23(35-22)19-13-31-26(29-19)37-27(30-31)33-4/h6-13H,5,14H2,1-4H3. The molecule has 8 nitrogen and oxygen atoms in total. The van der Waals surface area contributed by atoms with Crippen molar-refractivity contribution >= 4 is 38.6 Å². The largest absolute Gasteiger partial charge is 0.496 e. The van der Waals surface area contributed by atoms with Crippen molar-refractivity contribution in [2.75, 3.05) is 14.2 Å². The van der Waals surface area contributed by atoms with Gasteiger partial charge in [-0.25, -0.2) is 14.5 Å². The lowest BCUT2D eigenvalue weighted by molar-refractivity contribution is 0.302. The summed E-state index contributed by atoms with van der Waals surface area (Å²) < 4.78 is 24.9. The molecule has 0 atom stereocenters. The molecule has 0 saturated heterocycles. The number of hydrogen-bond acceptors (Lipinski definition) is 9. The average molecular weight is 533 g/mol. The van der Waals surface area contributed by atoms with E-state index in [2.05, 4.69) is 48.2 Å². The monoisotopic (exact) mass is 532 g/mol. The molecule has 6 aromatic rings. The highest BCUT2D eigenvalue weighted by Gasteiger charge is 2.18. The zero-order valence-electron chi connectivity index (χ0n) is 20.8. The van der Waals surface area contributed by atoms with Crippen LogP contribution in [-0.2, 0) is 13.0 Å². The topological polar surface area (TPSA) is 83.9 Å². The van der Waals surface area contributed by atoms with Crippen molar-refractivity contribution in [2.45, 2.75) is 26.9 Å². The Morgan fingerprint density at radius 1 is 1.00 bits per heavy atom. The van der Waals surface area contributed by atoms with Gasteiger partial charge in [-0.15, -0.1) is 16.4 Å². The highest BCUT2D eigenvalue weighted by Crippen LogP contribution is 2.38. The third kappa shape index (κ3) is 4.42. The number of aromatic nitrogens is 4. The van der Waals surface area contributed by atoms with Crippen LogP contribution >= 0.6 is 22.7 Å². The van der Waals surface area contributed by atoms with Crippen molar-refractivity contribution in [3.63, 3.8) is 0 Å². The van der Waals surface area contributed by atoms with E-state index in [0.717, 1.165) is 33.0 Å². The Labute approximate surface area is 221 Å². The Hall–Kier alpha value is -3.89. The third-order valence-electron chi connectivity index (χ3n) is 6.02. The Bertz CT molecular complexity index is 1680. The van der Waals surface area contributed by atoms with Gasteiger partial charge in [0.25, 0.3) is 5.19 Å². The van der Waals surface area contributed by atoms with Crippen molar-refractivity contribution in [3.05, 3.63) is 64.8 Å². The Kier molecular flexibility index (Phi) is 6.05. The molecular weight excluding hydrogens is 508 g/mol. The highest BCUT2D eigenvalue weighted by molar-refractivity contribution is 7.18. The third-order valence-corrected chi connectivity index (χ3v) is 8.20. The normalized spacial score (nSPS) is 11.5. The number of rotatable bonds is 8. The van der Waals surface area contributed by atoms with Crippen LogP contribution in [0.4, 0.5) is 0 Å². The minimum atomic E-state index is 0.345. The van der Waals surface area contributed by atoms with Crippen molar-refractivity contribution in [2.24, 2.45) is 0 Å². The molecule has 0 aliphatic rings. The maximum atomic E-state index is 6.33. The lowest BCUT2D eigenvalue weighted by Gasteiger charge is -2.08. The summed E-state index contributed by atoms with van der Waals surface area (Å²) in [7, 11) is 3.21. The minimum absolute atomic E-state index is 0.345. The van der Waals surface area contributed by atoms with E-state index in [0.29, 0.717) is 40.3 Å². The molecule has 0 amide bonds. The molecule has 4 heterocycles. The van der Waals surface area contributed by atoms with Crippen LogP contribution in [-0.4, -0.2) is 33.8 Å². The second kappa shape index (κ2) is 9.53. The predicted molar refractivity (Wildman–Crippen MR) is 145 cm³/mol. The zero-order chi connectivity index (χ0) is 25.5. The fraction of sp³-hybridized carbons (Fsp3) is 0.222. The Balaban J connectivity index is 1.32. The van der Waals surface area contributed by atoms with Gasteiger partial charge in [0, 0.05) is 22.6 Å². The molecule has 0 radical (unpaired) electrons. The molecule has 0 saturated carbocycles. The van der Waals surface area contributed by atoms with Crippen LogP contribution < -0.4 is 14.2 Å². The maximum Gasteiger partial charge on any atom is 0.294 e. The average Bonchev–Trinajstić information content (AvgIpc) is 3.68. The van der Waals surface area contributed by atoms with Gasteiger partial charge < -0.3 is 18.6 Å². The quantitative estimate of drug-likeness (QED) is 0.213. The van der Waals surface area contributed by atoms with Crippen LogP contribution in [0, 0.1) is 6.92 Å². The van der Waals surface area contributed by atoms with Gasteiger partial charge in [-0.1, -0.05) is 36.8 Å². The number of nitrogens with zero attached hydrogens (tertiary/aromatic N) is 4. The molecule has 4 aromatic heterocycles. The van der Waals surface area contributed by atoms with E-state index in [4.69, 9.17) is 23.6 Å². The molecule has 10 heteroatoms. The van der Waals surface area contributed by atoms with Crippen molar-refractivity contribution in [1.29, 1.82) is 0 Å². The summed E-state index contributed by atoms with van der Waals surface area (Å²) in [5.41, 5.74) is 4.62. The molecule has 0 aliphatic heterocycles. The number of thiazole rings is 1. The number of fused-ring (bicyclic) bond motifs is 2. The van der Waals surface area contributed by atoms with Crippen molar-refractivity contribution in [3.8, 4) is 38.7 Å². The van der Waals surface area contributed by atoms with Crippen LogP contribution in [0.3, 0.4) is 0 Å². The van der Waals surface area contributed by atoms with Crippen molar-refractivity contribution < 1.29 is 18.6 Å². The van der Waals surface area contributed by atoms with Gasteiger partial charge in [0.1, 0.15) is 34.4 Å². The number of benzene rings is 2. The minimum Gasteiger partial charge on any atom is -0.496 e. The molecule has 2 aromatic carbocycles. The number of imidazole rings is 1. The van der Waals surface area contributed by atoms with E-state index < -0.39 is 0 Å². The molecule has 0 aliphatic carbocycles. The zero-order valence-corrected chi connectivity index (χ0v) is 22.4. The summed E-state index contributed by atoms with van der Waals surface area (Å²) in [6.45, 7) is 4.57. The number of methoxy groups -OCH3 is 2. The molecule has 0 spiro atoms. The van der Waals surface area contributed by atoms with E-state index in [-0.39, 0.29) is 0 Å². The highest BCUT2D eigenvalue weighted by atomic mass is 32.1. The Morgan fingerprint density at radius 2 is 1.84 bits per heavy atom. The summed E-state index contributed by atoms with van der Waals surface area (Å²) in [4.78, 5) is 11.5. The van der Waals surface area contributed by atoms with Gasteiger partial charge in [-0.2, -0.15) is 0 Å². The second-order valence-electron chi connectivity index (χ2n) is 8.47. The first-order valence-corrected chi connectivity index (χ1v) is 13.4. The lowest BCUT2D eigenvalue weighted by atomic mass is 10.2. The molecule has 0 fully saturated rings. The first-order valence-electron chi connectivity index (χ1n) is 11.7. The molecular formula is C27H24N4O4S2. The second-order valence-corrected chi connectivity index (χ2v) is 10.5. The summed E-state index contributed by atoms with van der Waals surface area (Å²) in [6.07, 6.45) is 2.71. The molecule has 0 N–H and O–H groups in total. The Morgan fingerprint density at radius 3 is 2.57 bits per heavy atom. The fourth-order valence-corrected chi connectivity index (χ4v) is 5.78. The summed E-state index contributed by atoms with van der Waals surface area (Å²) in [6, 6.07) is 14.1. The number of ether oxygens (including phenoxy) is 3. The van der Waals surface area contributed by atoms with E-state index in [1.54, 1.807) is 30.1 Å². The fourth-order valence-electron chi connectivity index (χ4n) is 4.07. The molecule has 6 rings (SSSR count). The van der Waals surface area contributed by atoms with Crippen LogP contribution in [0.25, 0.3) is 38.0 Å². The van der Waals surface area contributed by atoms with Gasteiger partial charge >= 0.3 is 0 Å². The smallest absolute Gasteiger partial charge is 0.294 e. The van der Waals surface area contributed by atoms with Crippen molar-refractivity contribution in [1.82, 2.24) is 19.6 Å². The van der Waals surface area contributed by atoms with E-state index in [9.17, 15) is 0 Å². The lowest BCUT2D eigenvalue weighted by Crippen LogP contribution is -1.99. The molecule has 0 bridgehead atoms. The first kappa shape index (κ1) is 23.5. The van der Waals surface area contributed by atoms with E-state index in [1.807, 2.05) is 24.4 Å².